The first-order chi connectivity index (χ1) is 19.3. The highest BCUT2D eigenvalue weighted by Gasteiger charge is 2.43. The van der Waals surface area contributed by atoms with E-state index in [0.717, 1.165) is 12.8 Å². The predicted octanol–water partition coefficient (Wildman–Crippen LogP) is 4.69. The third kappa shape index (κ3) is 6.43. The zero-order valence-corrected chi connectivity index (χ0v) is 22.1. The van der Waals surface area contributed by atoms with E-state index in [-0.39, 0.29) is 54.7 Å². The number of alkyl halides is 5. The molecule has 41 heavy (non-hydrogen) atoms. The second kappa shape index (κ2) is 10.9. The van der Waals surface area contributed by atoms with Crippen LogP contribution in [-0.4, -0.2) is 50.8 Å². The number of aromatic nitrogens is 4. The lowest BCUT2D eigenvalue weighted by Crippen LogP contribution is -2.30. The number of nitrogens with zero attached hydrogens (tertiary/aromatic N) is 4. The van der Waals surface area contributed by atoms with Crippen LogP contribution in [0.1, 0.15) is 90.7 Å². The van der Waals surface area contributed by atoms with Crippen LogP contribution in [0.5, 0.6) is 5.88 Å². The standard InChI is InChI=1S/C26H29F5N6O4/c1-40-24-20(23(32)39)22(41-36-24)19(13-4-7-25(27,28)8-5-13)16-12-37-17(34-16)10-15(11-33-37)21(14-2-3-14)35-18(38)6-9-26(29,30)31/h10-14,19,21H,2-9H2,1H3,(H2,32,39)(H,35,38)/t19-,21+/m0/s1. The number of imidazole rings is 1. The number of halogens is 5. The summed E-state index contributed by atoms with van der Waals surface area (Å²) in [5.41, 5.74) is 6.80. The van der Waals surface area contributed by atoms with Crippen molar-refractivity contribution < 1.29 is 40.8 Å². The molecule has 0 aliphatic heterocycles. The van der Waals surface area contributed by atoms with E-state index in [1.54, 1.807) is 12.3 Å². The largest absolute Gasteiger partial charge is 0.478 e. The van der Waals surface area contributed by atoms with E-state index < -0.39 is 48.7 Å². The van der Waals surface area contributed by atoms with Crippen LogP contribution in [0.4, 0.5) is 22.0 Å². The lowest BCUT2D eigenvalue weighted by Gasteiger charge is -2.32. The summed E-state index contributed by atoms with van der Waals surface area (Å²) in [6, 6.07) is 1.13. The fourth-order valence-corrected chi connectivity index (χ4v) is 5.49. The summed E-state index contributed by atoms with van der Waals surface area (Å²) >= 11 is 0. The first-order valence-corrected chi connectivity index (χ1v) is 13.3. The molecule has 222 valence electrons. The summed E-state index contributed by atoms with van der Waals surface area (Å²) in [4.78, 5) is 29.3. The molecule has 3 N–H and O–H groups in total. The van der Waals surface area contributed by atoms with Crippen LogP contribution >= 0.6 is 0 Å². The maximum atomic E-state index is 14.0. The predicted molar refractivity (Wildman–Crippen MR) is 132 cm³/mol. The molecule has 2 saturated carbocycles. The molecule has 0 spiro atoms. The van der Waals surface area contributed by atoms with Gasteiger partial charge in [-0.2, -0.15) is 18.3 Å². The van der Waals surface area contributed by atoms with Crippen molar-refractivity contribution in [3.8, 4) is 5.88 Å². The molecule has 0 saturated heterocycles. The van der Waals surface area contributed by atoms with Crippen LogP contribution < -0.4 is 15.8 Å². The van der Waals surface area contributed by atoms with Gasteiger partial charge in [0, 0.05) is 19.3 Å². The summed E-state index contributed by atoms with van der Waals surface area (Å²) in [5.74, 6) is -5.54. The summed E-state index contributed by atoms with van der Waals surface area (Å²) in [7, 11) is 1.29. The van der Waals surface area contributed by atoms with Crippen molar-refractivity contribution in [1.82, 2.24) is 25.1 Å². The van der Waals surface area contributed by atoms with E-state index in [1.807, 2.05) is 0 Å². The van der Waals surface area contributed by atoms with Gasteiger partial charge in [0.15, 0.2) is 11.4 Å². The molecular weight excluding hydrogens is 555 g/mol. The number of nitrogens with one attached hydrogen (secondary N) is 1. The lowest BCUT2D eigenvalue weighted by molar-refractivity contribution is -0.144. The maximum absolute atomic E-state index is 14.0. The van der Waals surface area contributed by atoms with E-state index >= 15 is 0 Å². The van der Waals surface area contributed by atoms with Gasteiger partial charge in [0.25, 0.3) is 11.8 Å². The molecule has 2 amide bonds. The topological polar surface area (TPSA) is 138 Å². The van der Waals surface area contributed by atoms with Gasteiger partial charge in [0.2, 0.25) is 11.8 Å². The van der Waals surface area contributed by atoms with Gasteiger partial charge >= 0.3 is 6.18 Å². The van der Waals surface area contributed by atoms with Crippen LogP contribution in [-0.2, 0) is 4.79 Å². The minimum absolute atomic E-state index is 0.0555. The first-order valence-electron chi connectivity index (χ1n) is 13.3. The van der Waals surface area contributed by atoms with Gasteiger partial charge in [0.1, 0.15) is 5.56 Å². The van der Waals surface area contributed by atoms with Gasteiger partial charge in [-0.1, -0.05) is 0 Å². The molecule has 2 aliphatic carbocycles. The highest BCUT2D eigenvalue weighted by molar-refractivity contribution is 5.96. The molecule has 3 aromatic heterocycles. The second-order valence-corrected chi connectivity index (χ2v) is 10.7. The number of amides is 2. The average Bonchev–Trinajstić information content (AvgIpc) is 3.51. The number of methoxy groups -OCH3 is 1. The molecule has 3 heterocycles. The summed E-state index contributed by atoms with van der Waals surface area (Å²) < 4.78 is 77.9. The van der Waals surface area contributed by atoms with E-state index in [1.165, 1.54) is 17.8 Å². The summed E-state index contributed by atoms with van der Waals surface area (Å²) in [5, 5.41) is 10.9. The molecule has 3 aromatic rings. The molecule has 0 unspecified atom stereocenters. The van der Waals surface area contributed by atoms with E-state index in [9.17, 15) is 31.5 Å². The summed E-state index contributed by atoms with van der Waals surface area (Å²) in [6.07, 6.45) is -2.09. The van der Waals surface area contributed by atoms with Crippen LogP contribution in [0.25, 0.3) is 5.65 Å². The average molecular weight is 585 g/mol. The normalized spacial score (nSPS) is 19.2. The number of hydrogen-bond acceptors (Lipinski definition) is 7. The molecule has 2 fully saturated rings. The Balaban J connectivity index is 1.48. The van der Waals surface area contributed by atoms with Gasteiger partial charge in [-0.3, -0.25) is 9.59 Å². The Bertz CT molecular complexity index is 1420. The quantitative estimate of drug-likeness (QED) is 0.330. The van der Waals surface area contributed by atoms with Crippen molar-refractivity contribution in [2.24, 2.45) is 17.6 Å². The number of ether oxygens (including phenoxy) is 1. The fraction of sp³-hybridized carbons (Fsp3) is 0.577. The van der Waals surface area contributed by atoms with Crippen molar-refractivity contribution in [3.05, 3.63) is 41.0 Å². The number of fused-ring (bicyclic) bond motifs is 1. The third-order valence-corrected chi connectivity index (χ3v) is 7.73. The molecule has 0 bridgehead atoms. The maximum Gasteiger partial charge on any atom is 0.389 e. The summed E-state index contributed by atoms with van der Waals surface area (Å²) in [6.45, 7) is 0. The monoisotopic (exact) mass is 584 g/mol. The van der Waals surface area contributed by atoms with Crippen LogP contribution in [0.2, 0.25) is 0 Å². The SMILES string of the molecule is COc1noc([C@H](c2cn3ncc([C@H](NC(=O)CCC(F)(F)F)C4CC4)cc3n2)C2CCC(F)(F)CC2)c1C(N)=O. The van der Waals surface area contributed by atoms with Crippen LogP contribution in [0.3, 0.4) is 0 Å². The molecule has 0 radical (unpaired) electrons. The minimum Gasteiger partial charge on any atom is -0.478 e. The molecular formula is C26H29F5N6O4. The van der Waals surface area contributed by atoms with Gasteiger partial charge in [-0.15, -0.1) is 0 Å². The zero-order chi connectivity index (χ0) is 29.5. The fourth-order valence-electron chi connectivity index (χ4n) is 5.49. The number of carbonyl (C=O) groups is 2. The Morgan fingerprint density at radius 3 is 2.54 bits per heavy atom. The Kier molecular flexibility index (Phi) is 7.64. The van der Waals surface area contributed by atoms with Crippen molar-refractivity contribution in [2.45, 2.75) is 75.4 Å². The Morgan fingerprint density at radius 2 is 1.93 bits per heavy atom. The second-order valence-electron chi connectivity index (χ2n) is 10.7. The van der Waals surface area contributed by atoms with Gasteiger partial charge in [-0.05, 0) is 54.3 Å². The Labute approximate surface area is 230 Å². The zero-order valence-electron chi connectivity index (χ0n) is 22.1. The number of primary amides is 1. The molecule has 10 nitrogen and oxygen atoms in total. The Hall–Kier alpha value is -3.78. The number of hydrogen-bond donors (Lipinski definition) is 2. The molecule has 2 atom stereocenters. The molecule has 2 aliphatic rings. The number of rotatable bonds is 10. The third-order valence-electron chi connectivity index (χ3n) is 7.73. The van der Waals surface area contributed by atoms with Crippen molar-refractivity contribution in [1.29, 1.82) is 0 Å². The van der Waals surface area contributed by atoms with Gasteiger partial charge in [0.05, 0.1) is 43.6 Å². The van der Waals surface area contributed by atoms with E-state index in [4.69, 9.17) is 15.0 Å². The first kappa shape index (κ1) is 28.7. The molecule has 5 rings (SSSR count). The van der Waals surface area contributed by atoms with E-state index in [0.29, 0.717) is 16.9 Å². The van der Waals surface area contributed by atoms with Crippen LogP contribution in [0.15, 0.2) is 23.0 Å². The van der Waals surface area contributed by atoms with Crippen molar-refractivity contribution in [2.75, 3.05) is 7.11 Å². The smallest absolute Gasteiger partial charge is 0.389 e. The number of nitrogens with two attached hydrogens (primary N) is 1. The van der Waals surface area contributed by atoms with Crippen molar-refractivity contribution in [3.63, 3.8) is 0 Å². The number of carbonyl (C=O) groups excluding carboxylic acids is 2. The van der Waals surface area contributed by atoms with Gasteiger partial charge in [-0.25, -0.2) is 18.3 Å². The minimum atomic E-state index is -4.44. The molecule has 15 heteroatoms. The van der Waals surface area contributed by atoms with E-state index in [2.05, 4.69) is 20.6 Å². The highest BCUT2D eigenvalue weighted by Crippen LogP contribution is 2.47. The Morgan fingerprint density at radius 1 is 1.22 bits per heavy atom. The lowest BCUT2D eigenvalue weighted by atomic mass is 9.75. The molecule has 0 aromatic carbocycles. The van der Waals surface area contributed by atoms with Gasteiger partial charge < -0.3 is 20.3 Å². The van der Waals surface area contributed by atoms with Crippen LogP contribution in [0, 0.1) is 11.8 Å². The van der Waals surface area contributed by atoms with Crippen molar-refractivity contribution >= 4 is 17.5 Å². The highest BCUT2D eigenvalue weighted by atomic mass is 19.4.